The zero-order valence-corrected chi connectivity index (χ0v) is 13.5. The van der Waals surface area contributed by atoms with Crippen LogP contribution < -0.4 is 11.1 Å². The third-order valence-corrected chi connectivity index (χ3v) is 3.42. The largest absolute Gasteiger partial charge is 0.393 e. The van der Waals surface area contributed by atoms with Gasteiger partial charge in [-0.05, 0) is 23.5 Å². The van der Waals surface area contributed by atoms with Crippen LogP contribution in [0.5, 0.6) is 0 Å². The van der Waals surface area contributed by atoms with Crippen molar-refractivity contribution in [3.8, 4) is 0 Å². The molecule has 0 aromatic heterocycles. The SMILES string of the molecule is CCC(CC(N)=S)NC(=O)c1ccccc1C(C)(C)C. The van der Waals surface area contributed by atoms with Crippen LogP contribution in [0.2, 0.25) is 0 Å². The van der Waals surface area contributed by atoms with E-state index in [-0.39, 0.29) is 17.4 Å². The highest BCUT2D eigenvalue weighted by Gasteiger charge is 2.22. The van der Waals surface area contributed by atoms with Crippen LogP contribution in [0.25, 0.3) is 0 Å². The molecule has 20 heavy (non-hydrogen) atoms. The molecule has 1 atom stereocenters. The molecule has 4 heteroatoms. The van der Waals surface area contributed by atoms with Gasteiger partial charge in [-0.3, -0.25) is 4.79 Å². The van der Waals surface area contributed by atoms with Gasteiger partial charge in [0.25, 0.3) is 5.91 Å². The van der Waals surface area contributed by atoms with Crippen molar-refractivity contribution in [3.63, 3.8) is 0 Å². The molecule has 3 N–H and O–H groups in total. The topological polar surface area (TPSA) is 55.1 Å². The third-order valence-electron chi connectivity index (χ3n) is 3.26. The summed E-state index contributed by atoms with van der Waals surface area (Å²) in [6.45, 7) is 8.32. The molecule has 1 unspecified atom stereocenters. The lowest BCUT2D eigenvalue weighted by atomic mass is 9.83. The second-order valence-corrected chi connectivity index (χ2v) is 6.57. The summed E-state index contributed by atoms with van der Waals surface area (Å²) in [4.78, 5) is 12.9. The maximum atomic E-state index is 12.5. The van der Waals surface area contributed by atoms with E-state index in [1.54, 1.807) is 0 Å². The van der Waals surface area contributed by atoms with Gasteiger partial charge in [-0.2, -0.15) is 0 Å². The Morgan fingerprint density at radius 2 is 1.95 bits per heavy atom. The molecule has 1 aromatic rings. The third kappa shape index (κ3) is 4.60. The number of thiocarbonyl (C=S) groups is 1. The molecule has 1 amide bonds. The minimum atomic E-state index is -0.0706. The fraction of sp³-hybridized carbons (Fsp3) is 0.500. The van der Waals surface area contributed by atoms with E-state index < -0.39 is 0 Å². The molecule has 0 saturated carbocycles. The summed E-state index contributed by atoms with van der Waals surface area (Å²) in [5.74, 6) is -0.0568. The number of hydrogen-bond donors (Lipinski definition) is 2. The number of benzene rings is 1. The molecule has 0 aliphatic rings. The Balaban J connectivity index is 2.95. The van der Waals surface area contributed by atoms with Gasteiger partial charge >= 0.3 is 0 Å². The number of rotatable bonds is 5. The van der Waals surface area contributed by atoms with Crippen molar-refractivity contribution in [2.24, 2.45) is 5.73 Å². The Hall–Kier alpha value is -1.42. The first kappa shape index (κ1) is 16.6. The molecule has 3 nitrogen and oxygen atoms in total. The highest BCUT2D eigenvalue weighted by Crippen LogP contribution is 2.25. The van der Waals surface area contributed by atoms with Gasteiger partial charge in [-0.25, -0.2) is 0 Å². The molecule has 0 fully saturated rings. The molecule has 0 saturated heterocycles. The second kappa shape index (κ2) is 6.84. The van der Waals surface area contributed by atoms with Gasteiger partial charge in [0.1, 0.15) is 0 Å². The minimum absolute atomic E-state index is 0.00646. The Labute approximate surface area is 126 Å². The lowest BCUT2D eigenvalue weighted by Crippen LogP contribution is -2.38. The Bertz CT molecular complexity index is 491. The van der Waals surface area contributed by atoms with E-state index in [2.05, 4.69) is 26.1 Å². The number of amides is 1. The summed E-state index contributed by atoms with van der Waals surface area (Å²) in [5, 5.41) is 3.02. The molecular weight excluding hydrogens is 268 g/mol. The first-order valence-corrected chi connectivity index (χ1v) is 7.35. The number of carbonyl (C=O) groups is 1. The quantitative estimate of drug-likeness (QED) is 0.820. The Morgan fingerprint density at radius 1 is 1.35 bits per heavy atom. The summed E-state index contributed by atoms with van der Waals surface area (Å²) >= 11 is 4.92. The minimum Gasteiger partial charge on any atom is -0.393 e. The van der Waals surface area contributed by atoms with Crippen molar-refractivity contribution >= 4 is 23.1 Å². The molecule has 0 aliphatic carbocycles. The average Bonchev–Trinajstić information content (AvgIpc) is 2.36. The van der Waals surface area contributed by atoms with Gasteiger partial charge in [0.2, 0.25) is 0 Å². The average molecular weight is 292 g/mol. The van der Waals surface area contributed by atoms with E-state index in [1.807, 2.05) is 31.2 Å². The van der Waals surface area contributed by atoms with E-state index in [1.165, 1.54) is 0 Å². The van der Waals surface area contributed by atoms with E-state index in [0.717, 1.165) is 17.5 Å². The smallest absolute Gasteiger partial charge is 0.251 e. The first-order chi connectivity index (χ1) is 9.25. The summed E-state index contributed by atoms with van der Waals surface area (Å²) < 4.78 is 0. The molecule has 110 valence electrons. The maximum absolute atomic E-state index is 12.5. The van der Waals surface area contributed by atoms with Crippen LogP contribution in [0.15, 0.2) is 24.3 Å². The molecular formula is C16H24N2OS. The number of nitrogens with one attached hydrogen (secondary N) is 1. The van der Waals surface area contributed by atoms with Crippen molar-refractivity contribution in [1.29, 1.82) is 0 Å². The van der Waals surface area contributed by atoms with Crippen molar-refractivity contribution < 1.29 is 4.79 Å². The van der Waals surface area contributed by atoms with Crippen LogP contribution in [0.3, 0.4) is 0 Å². The predicted octanol–water partition coefficient (Wildman–Crippen LogP) is 3.17. The zero-order chi connectivity index (χ0) is 15.3. The van der Waals surface area contributed by atoms with Crippen LogP contribution in [-0.2, 0) is 5.41 Å². The second-order valence-electron chi connectivity index (χ2n) is 6.04. The normalized spacial score (nSPS) is 12.8. The van der Waals surface area contributed by atoms with Crippen LogP contribution in [0.1, 0.15) is 56.5 Å². The number of carbonyl (C=O) groups excluding carboxylic acids is 1. The summed E-state index contributed by atoms with van der Waals surface area (Å²) in [7, 11) is 0. The van der Waals surface area contributed by atoms with Gasteiger partial charge in [0, 0.05) is 18.0 Å². The highest BCUT2D eigenvalue weighted by atomic mass is 32.1. The van der Waals surface area contributed by atoms with E-state index in [0.29, 0.717) is 11.4 Å². The lowest BCUT2D eigenvalue weighted by molar-refractivity contribution is 0.0935. The van der Waals surface area contributed by atoms with Crippen molar-refractivity contribution in [3.05, 3.63) is 35.4 Å². The van der Waals surface area contributed by atoms with E-state index >= 15 is 0 Å². The van der Waals surface area contributed by atoms with Crippen molar-refractivity contribution in [1.82, 2.24) is 5.32 Å². The lowest BCUT2D eigenvalue weighted by Gasteiger charge is -2.24. The number of nitrogens with two attached hydrogens (primary N) is 1. The molecule has 0 aliphatic heterocycles. The van der Waals surface area contributed by atoms with Crippen LogP contribution >= 0.6 is 12.2 Å². The fourth-order valence-corrected chi connectivity index (χ4v) is 2.34. The fourth-order valence-electron chi connectivity index (χ4n) is 2.14. The van der Waals surface area contributed by atoms with Gasteiger partial charge in [-0.15, -0.1) is 0 Å². The van der Waals surface area contributed by atoms with Gasteiger partial charge in [0.05, 0.1) is 4.99 Å². The monoisotopic (exact) mass is 292 g/mol. The van der Waals surface area contributed by atoms with Crippen molar-refractivity contribution in [2.45, 2.75) is 52.0 Å². The van der Waals surface area contributed by atoms with Crippen molar-refractivity contribution in [2.75, 3.05) is 0 Å². The van der Waals surface area contributed by atoms with E-state index in [9.17, 15) is 4.79 Å². The number of hydrogen-bond acceptors (Lipinski definition) is 2. The van der Waals surface area contributed by atoms with Gasteiger partial charge in [0.15, 0.2) is 0 Å². The molecule has 0 radical (unpaired) electrons. The van der Waals surface area contributed by atoms with Gasteiger partial charge < -0.3 is 11.1 Å². The van der Waals surface area contributed by atoms with Crippen LogP contribution in [-0.4, -0.2) is 16.9 Å². The maximum Gasteiger partial charge on any atom is 0.251 e. The molecule has 0 bridgehead atoms. The standard InChI is InChI=1S/C16H24N2OS/c1-5-11(10-14(17)20)18-15(19)12-8-6-7-9-13(12)16(2,3)4/h6-9,11H,5,10H2,1-4H3,(H2,17,20)(H,18,19). The first-order valence-electron chi connectivity index (χ1n) is 6.94. The Morgan fingerprint density at radius 3 is 2.45 bits per heavy atom. The predicted molar refractivity (Wildman–Crippen MR) is 88.1 cm³/mol. The molecule has 1 aromatic carbocycles. The Kier molecular flexibility index (Phi) is 5.69. The van der Waals surface area contributed by atoms with Crippen LogP contribution in [0, 0.1) is 0 Å². The molecule has 0 heterocycles. The highest BCUT2D eigenvalue weighted by molar-refractivity contribution is 7.80. The van der Waals surface area contributed by atoms with E-state index in [4.69, 9.17) is 18.0 Å². The molecule has 1 rings (SSSR count). The summed E-state index contributed by atoms with van der Waals surface area (Å²) in [6.07, 6.45) is 1.34. The molecule has 0 spiro atoms. The zero-order valence-electron chi connectivity index (χ0n) is 12.7. The van der Waals surface area contributed by atoms with Crippen LogP contribution in [0.4, 0.5) is 0 Å². The summed E-state index contributed by atoms with van der Waals surface area (Å²) in [6, 6.07) is 7.71. The summed E-state index contributed by atoms with van der Waals surface area (Å²) in [5.41, 5.74) is 7.26. The van der Waals surface area contributed by atoms with Gasteiger partial charge in [-0.1, -0.05) is 58.1 Å².